The lowest BCUT2D eigenvalue weighted by atomic mass is 10.2. The fraction of sp³-hybridized carbons (Fsp3) is 0.667. The average Bonchev–Trinajstić information content (AvgIpc) is 2.85. The number of ether oxygens (including phenoxy) is 1. The number of aromatic nitrogens is 2. The number of carbonyl (C=O) groups is 1. The Morgan fingerprint density at radius 3 is 2.86 bits per heavy atom. The molecule has 6 nitrogen and oxygen atoms in total. The minimum atomic E-state index is -0.463. The Hall–Kier alpha value is -1.69. The van der Waals surface area contributed by atoms with E-state index in [1.165, 1.54) is 0 Å². The summed E-state index contributed by atoms with van der Waals surface area (Å²) in [7, 11) is 0. The van der Waals surface area contributed by atoms with Crippen molar-refractivity contribution in [2.24, 2.45) is 0 Å². The number of alkyl carbamates (subject to hydrolysis) is 1. The molecule has 2 rings (SSSR count). The Labute approximate surface area is 125 Å². The Bertz CT molecular complexity index is 472. The summed E-state index contributed by atoms with van der Waals surface area (Å²) in [4.78, 5) is 22.5. The van der Waals surface area contributed by atoms with Gasteiger partial charge in [-0.25, -0.2) is 4.79 Å². The molecule has 0 spiro atoms. The van der Waals surface area contributed by atoms with Crippen LogP contribution in [-0.4, -0.2) is 45.7 Å². The minimum absolute atomic E-state index is 0.124. The maximum Gasteiger partial charge on any atom is 0.407 e. The smallest absolute Gasteiger partial charge is 0.407 e. The third kappa shape index (κ3) is 4.67. The second-order valence-electron chi connectivity index (χ2n) is 6.43. The van der Waals surface area contributed by atoms with Crippen LogP contribution in [0.1, 0.15) is 45.9 Å². The first-order chi connectivity index (χ1) is 9.85. The van der Waals surface area contributed by atoms with Gasteiger partial charge < -0.3 is 10.1 Å². The molecule has 2 heterocycles. The summed E-state index contributed by atoms with van der Waals surface area (Å²) in [5.74, 6) is 0. The molecule has 1 saturated heterocycles. The Morgan fingerprint density at radius 2 is 2.24 bits per heavy atom. The van der Waals surface area contributed by atoms with Crippen LogP contribution in [0.4, 0.5) is 4.79 Å². The Balaban J connectivity index is 1.85. The summed E-state index contributed by atoms with van der Waals surface area (Å²) < 4.78 is 5.29. The van der Waals surface area contributed by atoms with Crippen molar-refractivity contribution in [1.29, 1.82) is 0 Å². The SMILES string of the molecule is CC(c1cnccn1)N1CCC(NC(=O)OC(C)(C)C)C1. The van der Waals surface area contributed by atoms with E-state index in [1.807, 2.05) is 20.8 Å². The second-order valence-corrected chi connectivity index (χ2v) is 6.43. The van der Waals surface area contributed by atoms with Crippen LogP contribution >= 0.6 is 0 Å². The fourth-order valence-electron chi connectivity index (χ4n) is 2.44. The molecule has 2 atom stereocenters. The van der Waals surface area contributed by atoms with Crippen LogP contribution in [0.15, 0.2) is 18.6 Å². The topological polar surface area (TPSA) is 67.4 Å². The minimum Gasteiger partial charge on any atom is -0.444 e. The molecule has 1 aromatic heterocycles. The molecule has 1 aliphatic heterocycles. The first-order valence-electron chi connectivity index (χ1n) is 7.34. The molecule has 1 fully saturated rings. The molecular formula is C15H24N4O2. The highest BCUT2D eigenvalue weighted by Crippen LogP contribution is 2.22. The van der Waals surface area contributed by atoms with Crippen molar-refractivity contribution >= 4 is 6.09 Å². The molecule has 1 N–H and O–H groups in total. The number of rotatable bonds is 3. The maximum atomic E-state index is 11.8. The van der Waals surface area contributed by atoms with E-state index >= 15 is 0 Å². The van der Waals surface area contributed by atoms with E-state index in [1.54, 1.807) is 18.6 Å². The van der Waals surface area contributed by atoms with Crippen LogP contribution in [0.3, 0.4) is 0 Å². The predicted molar refractivity (Wildman–Crippen MR) is 79.8 cm³/mol. The van der Waals surface area contributed by atoms with Crippen molar-refractivity contribution in [3.05, 3.63) is 24.3 Å². The largest absolute Gasteiger partial charge is 0.444 e. The summed E-state index contributed by atoms with van der Waals surface area (Å²) in [6, 6.07) is 0.322. The van der Waals surface area contributed by atoms with Crippen LogP contribution in [0.5, 0.6) is 0 Å². The zero-order valence-corrected chi connectivity index (χ0v) is 13.2. The monoisotopic (exact) mass is 292 g/mol. The van der Waals surface area contributed by atoms with E-state index < -0.39 is 5.60 Å². The number of hydrogen-bond acceptors (Lipinski definition) is 5. The zero-order chi connectivity index (χ0) is 15.5. The van der Waals surface area contributed by atoms with Crippen LogP contribution in [-0.2, 0) is 4.74 Å². The number of nitrogens with zero attached hydrogens (tertiary/aromatic N) is 3. The van der Waals surface area contributed by atoms with Gasteiger partial charge in [-0.15, -0.1) is 0 Å². The van der Waals surface area contributed by atoms with E-state index in [-0.39, 0.29) is 18.2 Å². The van der Waals surface area contributed by atoms with Crippen molar-refractivity contribution in [1.82, 2.24) is 20.2 Å². The molecule has 0 aromatic carbocycles. The van der Waals surface area contributed by atoms with Gasteiger partial charge in [0.1, 0.15) is 5.60 Å². The van der Waals surface area contributed by atoms with Crippen LogP contribution in [0.25, 0.3) is 0 Å². The average molecular weight is 292 g/mol. The van der Waals surface area contributed by atoms with Gasteiger partial charge in [-0.05, 0) is 34.1 Å². The standard InChI is InChI=1S/C15H24N4O2/c1-11(13-9-16-6-7-17-13)19-8-5-12(10-19)18-14(20)21-15(2,3)4/h6-7,9,11-12H,5,8,10H2,1-4H3,(H,18,20). The van der Waals surface area contributed by atoms with E-state index in [0.29, 0.717) is 0 Å². The number of likely N-dealkylation sites (tertiary alicyclic amines) is 1. The highest BCUT2D eigenvalue weighted by Gasteiger charge is 2.29. The quantitative estimate of drug-likeness (QED) is 0.924. The normalized spacial score (nSPS) is 21.0. The highest BCUT2D eigenvalue weighted by molar-refractivity contribution is 5.68. The lowest BCUT2D eigenvalue weighted by Crippen LogP contribution is -2.40. The van der Waals surface area contributed by atoms with Crippen LogP contribution < -0.4 is 5.32 Å². The van der Waals surface area contributed by atoms with E-state index in [4.69, 9.17) is 4.74 Å². The molecule has 1 aliphatic rings. The van der Waals surface area contributed by atoms with Gasteiger partial charge in [0, 0.05) is 37.7 Å². The van der Waals surface area contributed by atoms with Crippen molar-refractivity contribution in [3.63, 3.8) is 0 Å². The fourth-order valence-corrected chi connectivity index (χ4v) is 2.44. The molecule has 116 valence electrons. The number of hydrogen-bond donors (Lipinski definition) is 1. The summed E-state index contributed by atoms with van der Waals surface area (Å²) in [5.41, 5.74) is 0.491. The van der Waals surface area contributed by atoms with Gasteiger partial charge in [-0.3, -0.25) is 14.9 Å². The third-order valence-corrected chi connectivity index (χ3v) is 3.50. The summed E-state index contributed by atoms with van der Waals surface area (Å²) >= 11 is 0. The molecular weight excluding hydrogens is 268 g/mol. The molecule has 1 aromatic rings. The molecule has 2 unspecified atom stereocenters. The summed E-state index contributed by atoms with van der Waals surface area (Å²) in [6.07, 6.45) is 5.75. The van der Waals surface area contributed by atoms with Gasteiger partial charge >= 0.3 is 6.09 Å². The highest BCUT2D eigenvalue weighted by atomic mass is 16.6. The molecule has 0 saturated carbocycles. The van der Waals surface area contributed by atoms with Crippen molar-refractivity contribution in [2.45, 2.75) is 51.8 Å². The van der Waals surface area contributed by atoms with E-state index in [2.05, 4.69) is 27.1 Å². The number of carbonyl (C=O) groups excluding carboxylic acids is 1. The number of amides is 1. The van der Waals surface area contributed by atoms with E-state index in [0.717, 1.165) is 25.2 Å². The molecule has 0 bridgehead atoms. The molecule has 0 aliphatic carbocycles. The van der Waals surface area contributed by atoms with Crippen molar-refractivity contribution in [3.8, 4) is 0 Å². The molecule has 0 radical (unpaired) electrons. The molecule has 1 amide bonds. The van der Waals surface area contributed by atoms with Crippen LogP contribution in [0, 0.1) is 0 Å². The van der Waals surface area contributed by atoms with Gasteiger partial charge in [-0.2, -0.15) is 0 Å². The number of nitrogens with one attached hydrogen (secondary N) is 1. The Kier molecular flexibility index (Phi) is 4.77. The summed E-state index contributed by atoms with van der Waals surface area (Å²) in [5, 5.41) is 2.93. The molecule has 6 heteroatoms. The van der Waals surface area contributed by atoms with Crippen molar-refractivity contribution in [2.75, 3.05) is 13.1 Å². The third-order valence-electron chi connectivity index (χ3n) is 3.50. The van der Waals surface area contributed by atoms with Gasteiger partial charge in [-0.1, -0.05) is 0 Å². The van der Waals surface area contributed by atoms with Gasteiger partial charge in [0.05, 0.1) is 11.7 Å². The van der Waals surface area contributed by atoms with Gasteiger partial charge in [0.15, 0.2) is 0 Å². The van der Waals surface area contributed by atoms with Gasteiger partial charge in [0.25, 0.3) is 0 Å². The first-order valence-corrected chi connectivity index (χ1v) is 7.34. The lowest BCUT2D eigenvalue weighted by molar-refractivity contribution is 0.0504. The van der Waals surface area contributed by atoms with E-state index in [9.17, 15) is 4.79 Å². The second kappa shape index (κ2) is 6.39. The Morgan fingerprint density at radius 1 is 1.48 bits per heavy atom. The van der Waals surface area contributed by atoms with Crippen LogP contribution in [0.2, 0.25) is 0 Å². The van der Waals surface area contributed by atoms with Crippen molar-refractivity contribution < 1.29 is 9.53 Å². The first kappa shape index (κ1) is 15.7. The van der Waals surface area contributed by atoms with Gasteiger partial charge in [0.2, 0.25) is 0 Å². The predicted octanol–water partition coefficient (Wildman–Crippen LogP) is 2.14. The lowest BCUT2D eigenvalue weighted by Gasteiger charge is -2.24. The maximum absolute atomic E-state index is 11.8. The molecule has 21 heavy (non-hydrogen) atoms. The zero-order valence-electron chi connectivity index (χ0n) is 13.2. The summed E-state index contributed by atoms with van der Waals surface area (Å²) in [6.45, 7) is 9.44.